The predicted molar refractivity (Wildman–Crippen MR) is 67.0 cm³/mol. The minimum atomic E-state index is -4.09. The number of methoxy groups -OCH3 is 1. The van der Waals surface area contributed by atoms with Gasteiger partial charge in [0.25, 0.3) is 5.92 Å². The van der Waals surface area contributed by atoms with E-state index in [1.807, 2.05) is 0 Å². The smallest absolute Gasteiger partial charge is 0.337 e. The van der Waals surface area contributed by atoms with Gasteiger partial charge in [-0.3, -0.25) is 0 Å². The van der Waals surface area contributed by atoms with Gasteiger partial charge in [0, 0.05) is 0 Å². The van der Waals surface area contributed by atoms with E-state index in [2.05, 4.69) is 4.74 Å². The maximum Gasteiger partial charge on any atom is 0.337 e. The van der Waals surface area contributed by atoms with Gasteiger partial charge in [-0.15, -0.1) is 0 Å². The molecule has 0 aliphatic rings. The van der Waals surface area contributed by atoms with Gasteiger partial charge in [-0.1, -0.05) is 0 Å². The fraction of sp³-hybridized carbons (Fsp3) is 0.364. The molecule has 0 spiro atoms. The van der Waals surface area contributed by atoms with Gasteiger partial charge < -0.3 is 10.5 Å². The molecule has 0 saturated heterocycles. The fourth-order valence-electron chi connectivity index (χ4n) is 1.24. The van der Waals surface area contributed by atoms with Crippen molar-refractivity contribution in [3.05, 3.63) is 29.8 Å². The Balaban J connectivity index is 2.86. The lowest BCUT2D eigenvalue weighted by atomic mass is 10.2. The van der Waals surface area contributed by atoms with Crippen molar-refractivity contribution in [1.29, 1.82) is 0 Å². The van der Waals surface area contributed by atoms with E-state index in [1.165, 1.54) is 19.2 Å². The van der Waals surface area contributed by atoms with E-state index < -0.39 is 35.0 Å². The highest BCUT2D eigenvalue weighted by atomic mass is 32.2. The molecule has 9 heteroatoms. The number of sulfonamides is 1. The van der Waals surface area contributed by atoms with E-state index in [4.69, 9.17) is 5.73 Å². The van der Waals surface area contributed by atoms with Crippen LogP contribution in [0.15, 0.2) is 29.2 Å². The van der Waals surface area contributed by atoms with Crippen LogP contribution >= 0.6 is 0 Å². The summed E-state index contributed by atoms with van der Waals surface area (Å²) in [6, 6.07) is 4.69. The van der Waals surface area contributed by atoms with Crippen LogP contribution in [0.25, 0.3) is 0 Å². The average molecular weight is 308 g/mol. The zero-order chi connectivity index (χ0) is 15.4. The number of alkyl halides is 2. The predicted octanol–water partition coefficient (Wildman–Crippen LogP) is 0.345. The first-order valence-corrected chi connectivity index (χ1v) is 6.96. The largest absolute Gasteiger partial charge is 0.465 e. The normalized spacial score (nSPS) is 12.2. The topological polar surface area (TPSA) is 98.5 Å². The first-order valence-electron chi connectivity index (χ1n) is 5.48. The number of ether oxygens (including phenoxy) is 1. The number of carbonyl (C=O) groups is 1. The zero-order valence-corrected chi connectivity index (χ0v) is 11.4. The Hall–Kier alpha value is -1.58. The van der Waals surface area contributed by atoms with Crippen LogP contribution in [0.2, 0.25) is 0 Å². The van der Waals surface area contributed by atoms with Crippen molar-refractivity contribution >= 4 is 16.0 Å². The third-order valence-corrected chi connectivity index (χ3v) is 3.82. The summed E-state index contributed by atoms with van der Waals surface area (Å²) in [5.74, 6) is -3.95. The van der Waals surface area contributed by atoms with Crippen LogP contribution < -0.4 is 10.5 Å². The molecule has 1 aromatic carbocycles. The molecule has 0 bridgehead atoms. The second-order valence-corrected chi connectivity index (χ2v) is 5.67. The van der Waals surface area contributed by atoms with Crippen molar-refractivity contribution in [2.45, 2.75) is 10.8 Å². The average Bonchev–Trinajstić information content (AvgIpc) is 2.45. The number of carbonyl (C=O) groups excluding carboxylic acids is 1. The summed E-state index contributed by atoms with van der Waals surface area (Å²) in [5.41, 5.74) is 4.96. The molecule has 0 saturated carbocycles. The molecule has 1 rings (SSSR count). The molecule has 0 aliphatic carbocycles. The van der Waals surface area contributed by atoms with Crippen LogP contribution in [0.1, 0.15) is 10.4 Å². The molecule has 6 nitrogen and oxygen atoms in total. The number of benzene rings is 1. The molecule has 0 atom stereocenters. The maximum atomic E-state index is 12.9. The van der Waals surface area contributed by atoms with Crippen LogP contribution in [0.3, 0.4) is 0 Å². The molecule has 0 heterocycles. The molecule has 0 aliphatic heterocycles. The number of rotatable bonds is 6. The van der Waals surface area contributed by atoms with Gasteiger partial charge in [0.05, 0.1) is 30.7 Å². The van der Waals surface area contributed by atoms with Crippen LogP contribution in [0.5, 0.6) is 0 Å². The Kier molecular flexibility index (Phi) is 5.15. The third kappa shape index (κ3) is 4.22. The number of nitrogens with one attached hydrogen (secondary N) is 1. The Morgan fingerprint density at radius 3 is 2.35 bits per heavy atom. The molecule has 0 unspecified atom stereocenters. The number of esters is 1. The summed E-state index contributed by atoms with van der Waals surface area (Å²) >= 11 is 0. The van der Waals surface area contributed by atoms with Gasteiger partial charge in [-0.05, 0) is 24.3 Å². The highest BCUT2D eigenvalue weighted by molar-refractivity contribution is 7.89. The summed E-state index contributed by atoms with van der Waals surface area (Å²) in [6.45, 7) is -2.05. The van der Waals surface area contributed by atoms with Gasteiger partial charge in [-0.25, -0.2) is 26.7 Å². The highest BCUT2D eigenvalue weighted by Gasteiger charge is 2.29. The molecular formula is C11H14F2N2O4S. The minimum Gasteiger partial charge on any atom is -0.465 e. The third-order valence-electron chi connectivity index (χ3n) is 2.41. The van der Waals surface area contributed by atoms with Crippen molar-refractivity contribution in [2.24, 2.45) is 5.73 Å². The van der Waals surface area contributed by atoms with Crippen molar-refractivity contribution in [3.8, 4) is 0 Å². The molecule has 1 aromatic rings. The molecule has 0 aromatic heterocycles. The summed E-state index contributed by atoms with van der Waals surface area (Å²) in [4.78, 5) is 10.9. The maximum absolute atomic E-state index is 12.9. The van der Waals surface area contributed by atoms with Crippen molar-refractivity contribution in [1.82, 2.24) is 4.72 Å². The summed E-state index contributed by atoms with van der Waals surface area (Å²) in [7, 11) is -2.91. The Morgan fingerprint density at radius 1 is 1.35 bits per heavy atom. The van der Waals surface area contributed by atoms with Gasteiger partial charge in [-0.2, -0.15) is 0 Å². The van der Waals surface area contributed by atoms with Gasteiger partial charge in [0.1, 0.15) is 0 Å². The fourth-order valence-corrected chi connectivity index (χ4v) is 2.31. The van der Waals surface area contributed by atoms with Crippen LogP contribution in [-0.4, -0.2) is 40.5 Å². The molecule has 0 amide bonds. The monoisotopic (exact) mass is 308 g/mol. The van der Waals surface area contributed by atoms with E-state index in [0.717, 1.165) is 12.1 Å². The molecular weight excluding hydrogens is 294 g/mol. The van der Waals surface area contributed by atoms with E-state index in [9.17, 15) is 22.0 Å². The lowest BCUT2D eigenvalue weighted by Gasteiger charge is -2.14. The Bertz CT molecular complexity index is 573. The van der Waals surface area contributed by atoms with E-state index in [1.54, 1.807) is 4.72 Å². The summed E-state index contributed by atoms with van der Waals surface area (Å²) in [5, 5.41) is 0. The molecule has 0 radical (unpaired) electrons. The second kappa shape index (κ2) is 6.25. The number of hydrogen-bond donors (Lipinski definition) is 2. The quantitative estimate of drug-likeness (QED) is 0.739. The number of halogens is 2. The Morgan fingerprint density at radius 2 is 1.90 bits per heavy atom. The Labute approximate surface area is 115 Å². The second-order valence-electron chi connectivity index (χ2n) is 3.90. The zero-order valence-electron chi connectivity index (χ0n) is 10.6. The number of hydrogen-bond acceptors (Lipinski definition) is 5. The van der Waals surface area contributed by atoms with Crippen molar-refractivity contribution in [3.63, 3.8) is 0 Å². The van der Waals surface area contributed by atoms with Crippen molar-refractivity contribution in [2.75, 3.05) is 20.2 Å². The van der Waals surface area contributed by atoms with E-state index >= 15 is 0 Å². The summed E-state index contributed by atoms with van der Waals surface area (Å²) < 4.78 is 55.5. The van der Waals surface area contributed by atoms with Gasteiger partial charge in [0.2, 0.25) is 10.0 Å². The minimum absolute atomic E-state index is 0.152. The number of nitrogens with two attached hydrogens (primary N) is 1. The highest BCUT2D eigenvalue weighted by Crippen LogP contribution is 2.14. The molecule has 0 fully saturated rings. The van der Waals surface area contributed by atoms with Crippen LogP contribution in [0, 0.1) is 0 Å². The SMILES string of the molecule is COC(=O)c1ccc(S(=O)(=O)NCC(F)(F)CN)cc1. The van der Waals surface area contributed by atoms with E-state index in [0.29, 0.717) is 0 Å². The summed E-state index contributed by atoms with van der Waals surface area (Å²) in [6.07, 6.45) is 0. The molecule has 112 valence electrons. The van der Waals surface area contributed by atoms with E-state index in [-0.39, 0.29) is 10.5 Å². The molecule has 20 heavy (non-hydrogen) atoms. The van der Waals surface area contributed by atoms with Crippen molar-refractivity contribution < 1.29 is 26.7 Å². The first kappa shape index (κ1) is 16.5. The standard InChI is InChI=1S/C11H14F2N2O4S/c1-19-10(16)8-2-4-9(5-3-8)20(17,18)15-7-11(12,13)6-14/h2-5,15H,6-7,14H2,1H3. The lowest BCUT2D eigenvalue weighted by molar-refractivity contribution is 0.0170. The van der Waals surface area contributed by atoms with Crippen LogP contribution in [0.4, 0.5) is 8.78 Å². The van der Waals surface area contributed by atoms with Crippen LogP contribution in [-0.2, 0) is 14.8 Å². The molecule has 3 N–H and O–H groups in total. The first-order chi connectivity index (χ1) is 9.22. The lowest BCUT2D eigenvalue weighted by Crippen LogP contribution is -2.41. The van der Waals surface area contributed by atoms with Gasteiger partial charge in [0.15, 0.2) is 0 Å². The van der Waals surface area contributed by atoms with Gasteiger partial charge >= 0.3 is 5.97 Å².